The van der Waals surface area contributed by atoms with Crippen LogP contribution in [0.2, 0.25) is 0 Å². The fourth-order valence-corrected chi connectivity index (χ4v) is 2.80. The van der Waals surface area contributed by atoms with Crippen molar-refractivity contribution in [1.82, 2.24) is 0 Å². The molecular formula is C15H25FN2O2S. The van der Waals surface area contributed by atoms with E-state index in [2.05, 4.69) is 0 Å². The molecule has 0 heterocycles. The summed E-state index contributed by atoms with van der Waals surface area (Å²) in [6.07, 6.45) is 11.5. The lowest BCUT2D eigenvalue weighted by atomic mass is 9.80. The highest BCUT2D eigenvalue weighted by atomic mass is 32.2. The van der Waals surface area contributed by atoms with Crippen molar-refractivity contribution in [3.05, 3.63) is 36.1 Å². The minimum atomic E-state index is -0.863. The van der Waals surface area contributed by atoms with Gasteiger partial charge in [0.2, 0.25) is 0 Å². The molecule has 0 aromatic carbocycles. The maximum absolute atomic E-state index is 12.5. The van der Waals surface area contributed by atoms with Crippen LogP contribution in [0.25, 0.3) is 0 Å². The van der Waals surface area contributed by atoms with Crippen LogP contribution in [0.3, 0.4) is 0 Å². The van der Waals surface area contributed by atoms with Gasteiger partial charge in [-0.1, -0.05) is 24.3 Å². The summed E-state index contributed by atoms with van der Waals surface area (Å²) in [5, 5.41) is 9.92. The number of alkyl halides is 1. The summed E-state index contributed by atoms with van der Waals surface area (Å²) in [6, 6.07) is -0.833. The highest BCUT2D eigenvalue weighted by Crippen LogP contribution is 2.30. The van der Waals surface area contributed by atoms with Gasteiger partial charge in [0, 0.05) is 34.6 Å². The van der Waals surface area contributed by atoms with E-state index in [4.69, 9.17) is 11.5 Å². The first-order chi connectivity index (χ1) is 9.99. The number of hydrogen-bond acceptors (Lipinski definition) is 4. The fourth-order valence-electron chi connectivity index (χ4n) is 2.43. The second-order valence-corrected chi connectivity index (χ2v) is 6.83. The van der Waals surface area contributed by atoms with Crippen LogP contribution in [-0.2, 0) is 10.8 Å². The zero-order valence-corrected chi connectivity index (χ0v) is 13.1. The third-order valence-corrected chi connectivity index (χ3v) is 4.38. The highest BCUT2D eigenvalue weighted by molar-refractivity contribution is 7.84. The molecular weight excluding hydrogens is 291 g/mol. The molecule has 0 saturated carbocycles. The molecule has 0 aromatic heterocycles. The lowest BCUT2D eigenvalue weighted by Crippen LogP contribution is -2.41. The first-order valence-corrected chi connectivity index (χ1v) is 8.78. The van der Waals surface area contributed by atoms with Gasteiger partial charge in [-0.15, -0.1) is 0 Å². The van der Waals surface area contributed by atoms with Gasteiger partial charge < -0.3 is 16.6 Å². The Kier molecular flexibility index (Phi) is 7.85. The van der Waals surface area contributed by atoms with Gasteiger partial charge in [0.15, 0.2) is 0 Å². The molecule has 0 fully saturated rings. The topological polar surface area (TPSA) is 89.3 Å². The monoisotopic (exact) mass is 316 g/mol. The lowest BCUT2D eigenvalue weighted by molar-refractivity contribution is 0.0841. The van der Waals surface area contributed by atoms with E-state index in [0.717, 1.165) is 18.4 Å². The summed E-state index contributed by atoms with van der Waals surface area (Å²) in [6.45, 7) is -0.722. The van der Waals surface area contributed by atoms with Crippen molar-refractivity contribution >= 4 is 10.8 Å². The lowest BCUT2D eigenvalue weighted by Gasteiger charge is -2.29. The van der Waals surface area contributed by atoms with Crippen LogP contribution in [0.4, 0.5) is 4.39 Å². The molecule has 0 spiro atoms. The van der Waals surface area contributed by atoms with E-state index in [1.165, 1.54) is 0 Å². The Morgan fingerprint density at radius 3 is 2.71 bits per heavy atom. The van der Waals surface area contributed by atoms with Crippen molar-refractivity contribution in [3.8, 4) is 0 Å². The standard InChI is InChI=1S/C15H25FN2O2S/c1-21(20)8-2-3-13(10-17)11-4-6-12(7-5-11)15(19)14(18)9-16/h2-4,6,10-12,14-15,19H,5,7-9,17-18H2,1H3/b3-2-,13-10+/t11?,12?,14-,15-,21?/m1/s1. The highest BCUT2D eigenvalue weighted by Gasteiger charge is 2.27. The van der Waals surface area contributed by atoms with Crippen LogP contribution in [0.5, 0.6) is 0 Å². The van der Waals surface area contributed by atoms with E-state index < -0.39 is 29.6 Å². The van der Waals surface area contributed by atoms with Crippen LogP contribution < -0.4 is 11.5 Å². The Morgan fingerprint density at radius 1 is 1.52 bits per heavy atom. The smallest absolute Gasteiger partial charge is 0.107 e. The summed E-state index contributed by atoms with van der Waals surface area (Å²) in [5.41, 5.74) is 12.1. The largest absolute Gasteiger partial charge is 0.404 e. The van der Waals surface area contributed by atoms with Crippen molar-refractivity contribution in [2.24, 2.45) is 23.3 Å². The predicted molar refractivity (Wildman–Crippen MR) is 85.7 cm³/mol. The minimum Gasteiger partial charge on any atom is -0.404 e. The molecule has 6 heteroatoms. The maximum atomic E-state index is 12.5. The first kappa shape index (κ1) is 18.1. The molecule has 0 aliphatic heterocycles. The van der Waals surface area contributed by atoms with E-state index in [-0.39, 0.29) is 11.8 Å². The van der Waals surface area contributed by atoms with Crippen molar-refractivity contribution in [1.29, 1.82) is 0 Å². The van der Waals surface area contributed by atoms with Gasteiger partial charge in [-0.2, -0.15) is 0 Å². The summed E-state index contributed by atoms with van der Waals surface area (Å²) in [5.74, 6) is 0.556. The van der Waals surface area contributed by atoms with E-state index in [0.29, 0.717) is 5.75 Å². The van der Waals surface area contributed by atoms with Crippen LogP contribution >= 0.6 is 0 Å². The normalized spacial score (nSPS) is 27.7. The fraction of sp³-hybridized carbons (Fsp3) is 0.600. The summed E-state index contributed by atoms with van der Waals surface area (Å²) >= 11 is 0. The van der Waals surface area contributed by atoms with Gasteiger partial charge in [0.05, 0.1) is 12.1 Å². The Bertz CT molecular complexity index is 437. The Labute approximate surface area is 128 Å². The number of aliphatic hydroxyl groups is 1. The molecule has 3 unspecified atom stereocenters. The minimum absolute atomic E-state index is 0.113. The zero-order valence-electron chi connectivity index (χ0n) is 12.3. The molecule has 0 radical (unpaired) electrons. The molecule has 4 nitrogen and oxygen atoms in total. The van der Waals surface area contributed by atoms with Gasteiger partial charge in [0.1, 0.15) is 6.67 Å². The summed E-state index contributed by atoms with van der Waals surface area (Å²) in [4.78, 5) is 0. The average Bonchev–Trinajstić information content (AvgIpc) is 2.50. The second kappa shape index (κ2) is 9.12. The van der Waals surface area contributed by atoms with Gasteiger partial charge >= 0.3 is 0 Å². The number of nitrogens with two attached hydrogens (primary N) is 2. The molecule has 0 amide bonds. The van der Waals surface area contributed by atoms with E-state index in [9.17, 15) is 13.7 Å². The number of aliphatic hydroxyl groups excluding tert-OH is 1. The van der Waals surface area contributed by atoms with Crippen molar-refractivity contribution in [2.75, 3.05) is 18.7 Å². The molecule has 120 valence electrons. The predicted octanol–water partition coefficient (Wildman–Crippen LogP) is 1.00. The third kappa shape index (κ3) is 5.73. The molecule has 1 aliphatic carbocycles. The quantitative estimate of drug-likeness (QED) is 0.483. The molecule has 5 atom stereocenters. The summed E-state index contributed by atoms with van der Waals surface area (Å²) in [7, 11) is -0.863. The number of hydrogen-bond donors (Lipinski definition) is 3. The second-order valence-electron chi connectivity index (χ2n) is 5.35. The average molecular weight is 316 g/mol. The van der Waals surface area contributed by atoms with Gasteiger partial charge in [-0.05, 0) is 24.6 Å². The van der Waals surface area contributed by atoms with Gasteiger partial charge in [0.25, 0.3) is 0 Å². The van der Waals surface area contributed by atoms with Crippen LogP contribution in [0.15, 0.2) is 36.1 Å². The van der Waals surface area contributed by atoms with Crippen LogP contribution in [-0.4, -0.2) is 40.1 Å². The number of rotatable bonds is 7. The molecule has 1 rings (SSSR count). The zero-order chi connectivity index (χ0) is 15.8. The van der Waals surface area contributed by atoms with Crippen LogP contribution in [0, 0.1) is 11.8 Å². The van der Waals surface area contributed by atoms with Crippen LogP contribution in [0.1, 0.15) is 12.8 Å². The molecule has 0 aromatic rings. The molecule has 5 N–H and O–H groups in total. The first-order valence-electron chi connectivity index (χ1n) is 7.05. The maximum Gasteiger partial charge on any atom is 0.107 e. The Balaban J connectivity index is 2.63. The number of halogens is 1. The molecule has 21 heavy (non-hydrogen) atoms. The van der Waals surface area contributed by atoms with E-state index in [1.54, 1.807) is 12.5 Å². The third-order valence-electron chi connectivity index (χ3n) is 3.72. The van der Waals surface area contributed by atoms with Gasteiger partial charge in [-0.3, -0.25) is 4.21 Å². The SMILES string of the molecule is CS(=O)C/C=C\C(=C/N)C1C=CC([C@@H](O)[C@H](N)CF)CC1. The van der Waals surface area contributed by atoms with Crippen molar-refractivity contribution in [2.45, 2.75) is 25.0 Å². The van der Waals surface area contributed by atoms with E-state index in [1.807, 2.05) is 24.3 Å². The molecule has 0 saturated heterocycles. The van der Waals surface area contributed by atoms with E-state index >= 15 is 0 Å². The number of allylic oxidation sites excluding steroid dienone is 3. The molecule has 0 bridgehead atoms. The molecule has 1 aliphatic rings. The van der Waals surface area contributed by atoms with Crippen molar-refractivity contribution in [3.63, 3.8) is 0 Å². The Hall–Kier alpha value is -0.980. The summed E-state index contributed by atoms with van der Waals surface area (Å²) < 4.78 is 23.5. The van der Waals surface area contributed by atoms with Gasteiger partial charge in [-0.25, -0.2) is 4.39 Å². The Morgan fingerprint density at radius 2 is 2.24 bits per heavy atom. The van der Waals surface area contributed by atoms with Crippen molar-refractivity contribution < 1.29 is 13.7 Å².